The summed E-state index contributed by atoms with van der Waals surface area (Å²) in [4.78, 5) is 4.29. The van der Waals surface area contributed by atoms with Gasteiger partial charge in [0.05, 0.1) is 11.9 Å². The second-order valence-electron chi connectivity index (χ2n) is 4.82. The lowest BCUT2D eigenvalue weighted by molar-refractivity contribution is 0.955. The standard InChI is InChI=1S/C16H17N3/c1-12-7-8-14(10-17-12)18-9-13-11-19(2)16-6-4-3-5-15(13)16/h3-8,10-11,18H,9H2,1-2H3. The Morgan fingerprint density at radius 3 is 2.79 bits per heavy atom. The zero-order chi connectivity index (χ0) is 13.2. The molecule has 0 aliphatic carbocycles. The summed E-state index contributed by atoms with van der Waals surface area (Å²) in [5.74, 6) is 0. The fourth-order valence-electron chi connectivity index (χ4n) is 2.34. The van der Waals surface area contributed by atoms with E-state index < -0.39 is 0 Å². The summed E-state index contributed by atoms with van der Waals surface area (Å²) in [5, 5.41) is 4.72. The van der Waals surface area contributed by atoms with Gasteiger partial charge in [-0.3, -0.25) is 4.98 Å². The van der Waals surface area contributed by atoms with Gasteiger partial charge in [0, 0.05) is 36.4 Å². The molecule has 2 heterocycles. The van der Waals surface area contributed by atoms with E-state index >= 15 is 0 Å². The smallest absolute Gasteiger partial charge is 0.0529 e. The van der Waals surface area contributed by atoms with Crippen LogP contribution in [0.25, 0.3) is 10.9 Å². The lowest BCUT2D eigenvalue weighted by atomic mass is 10.2. The maximum Gasteiger partial charge on any atom is 0.0529 e. The Balaban J connectivity index is 1.84. The van der Waals surface area contributed by atoms with Crippen LogP contribution in [0.1, 0.15) is 11.3 Å². The van der Waals surface area contributed by atoms with Crippen LogP contribution in [0.3, 0.4) is 0 Å². The van der Waals surface area contributed by atoms with Crippen LogP contribution < -0.4 is 5.32 Å². The van der Waals surface area contributed by atoms with Gasteiger partial charge in [-0.2, -0.15) is 0 Å². The third kappa shape index (κ3) is 2.32. The van der Waals surface area contributed by atoms with Crippen LogP contribution in [-0.2, 0) is 13.6 Å². The fraction of sp³-hybridized carbons (Fsp3) is 0.188. The van der Waals surface area contributed by atoms with Crippen LogP contribution in [0.5, 0.6) is 0 Å². The first-order chi connectivity index (χ1) is 9.24. The van der Waals surface area contributed by atoms with Gasteiger partial charge in [-0.05, 0) is 30.7 Å². The Kier molecular flexibility index (Phi) is 2.95. The van der Waals surface area contributed by atoms with Gasteiger partial charge in [-0.25, -0.2) is 0 Å². The molecule has 0 unspecified atom stereocenters. The minimum atomic E-state index is 0.812. The van der Waals surface area contributed by atoms with Crippen molar-refractivity contribution in [3.63, 3.8) is 0 Å². The van der Waals surface area contributed by atoms with Gasteiger partial charge in [0.15, 0.2) is 0 Å². The van der Waals surface area contributed by atoms with Gasteiger partial charge >= 0.3 is 0 Å². The Labute approximate surface area is 112 Å². The fourth-order valence-corrected chi connectivity index (χ4v) is 2.34. The van der Waals surface area contributed by atoms with Gasteiger partial charge < -0.3 is 9.88 Å². The van der Waals surface area contributed by atoms with E-state index in [1.165, 1.54) is 16.5 Å². The summed E-state index contributed by atoms with van der Waals surface area (Å²) in [5.41, 5.74) is 4.66. The maximum atomic E-state index is 4.29. The van der Waals surface area contributed by atoms with E-state index in [2.05, 4.69) is 58.4 Å². The van der Waals surface area contributed by atoms with Gasteiger partial charge in [0.25, 0.3) is 0 Å². The summed E-state index contributed by atoms with van der Waals surface area (Å²) in [6.45, 7) is 2.81. The predicted octanol–water partition coefficient (Wildman–Crippen LogP) is 3.49. The molecular formula is C16H17N3. The molecule has 3 aromatic rings. The molecule has 0 amide bonds. The van der Waals surface area contributed by atoms with Crippen LogP contribution in [0.15, 0.2) is 48.8 Å². The summed E-state index contributed by atoms with van der Waals surface area (Å²) >= 11 is 0. The van der Waals surface area contributed by atoms with Crippen LogP contribution >= 0.6 is 0 Å². The van der Waals surface area contributed by atoms with Gasteiger partial charge in [-0.15, -0.1) is 0 Å². The van der Waals surface area contributed by atoms with Crippen molar-refractivity contribution in [3.8, 4) is 0 Å². The number of aryl methyl sites for hydroxylation is 2. The molecular weight excluding hydrogens is 234 g/mol. The van der Waals surface area contributed by atoms with Gasteiger partial charge in [0.1, 0.15) is 0 Å². The van der Waals surface area contributed by atoms with Crippen molar-refractivity contribution in [3.05, 3.63) is 60.0 Å². The van der Waals surface area contributed by atoms with E-state index in [0.717, 1.165) is 17.9 Å². The summed E-state index contributed by atoms with van der Waals surface area (Å²) in [6, 6.07) is 12.5. The van der Waals surface area contributed by atoms with Crippen LogP contribution in [-0.4, -0.2) is 9.55 Å². The number of para-hydroxylation sites is 1. The van der Waals surface area contributed by atoms with Crippen molar-refractivity contribution in [2.24, 2.45) is 7.05 Å². The van der Waals surface area contributed by atoms with E-state index in [0.29, 0.717) is 0 Å². The number of fused-ring (bicyclic) bond motifs is 1. The number of nitrogens with one attached hydrogen (secondary N) is 1. The average molecular weight is 251 g/mol. The maximum absolute atomic E-state index is 4.29. The van der Waals surface area contributed by atoms with Crippen molar-refractivity contribution in [1.29, 1.82) is 0 Å². The first-order valence-electron chi connectivity index (χ1n) is 6.43. The Morgan fingerprint density at radius 1 is 1.16 bits per heavy atom. The largest absolute Gasteiger partial charge is 0.380 e. The highest BCUT2D eigenvalue weighted by atomic mass is 14.9. The molecule has 0 aliphatic heterocycles. The lowest BCUT2D eigenvalue weighted by Gasteiger charge is -2.05. The second kappa shape index (κ2) is 4.76. The number of nitrogens with zero attached hydrogens (tertiary/aromatic N) is 2. The number of rotatable bonds is 3. The minimum Gasteiger partial charge on any atom is -0.380 e. The van der Waals surface area contributed by atoms with Crippen LogP contribution in [0.2, 0.25) is 0 Å². The van der Waals surface area contributed by atoms with E-state index in [4.69, 9.17) is 0 Å². The first kappa shape index (κ1) is 11.8. The number of aromatic nitrogens is 2. The molecule has 0 bridgehead atoms. The normalized spacial score (nSPS) is 10.8. The summed E-state index contributed by atoms with van der Waals surface area (Å²) in [7, 11) is 2.08. The Bertz CT molecular complexity index is 696. The van der Waals surface area contributed by atoms with Crippen molar-refractivity contribution >= 4 is 16.6 Å². The molecule has 0 saturated carbocycles. The quantitative estimate of drug-likeness (QED) is 0.772. The SMILES string of the molecule is Cc1ccc(NCc2cn(C)c3ccccc23)cn1. The van der Waals surface area contributed by atoms with E-state index in [-0.39, 0.29) is 0 Å². The molecule has 2 aromatic heterocycles. The molecule has 0 aliphatic rings. The number of pyridine rings is 1. The highest BCUT2D eigenvalue weighted by Gasteiger charge is 2.05. The Morgan fingerprint density at radius 2 is 2.00 bits per heavy atom. The molecule has 3 heteroatoms. The molecule has 3 nitrogen and oxygen atoms in total. The predicted molar refractivity (Wildman–Crippen MR) is 79.2 cm³/mol. The molecule has 3 rings (SSSR count). The monoisotopic (exact) mass is 251 g/mol. The van der Waals surface area contributed by atoms with E-state index in [1.807, 2.05) is 19.2 Å². The van der Waals surface area contributed by atoms with E-state index in [9.17, 15) is 0 Å². The number of hydrogen-bond acceptors (Lipinski definition) is 2. The van der Waals surface area contributed by atoms with Gasteiger partial charge in [0.2, 0.25) is 0 Å². The highest BCUT2D eigenvalue weighted by molar-refractivity contribution is 5.84. The van der Waals surface area contributed by atoms with Crippen LogP contribution in [0.4, 0.5) is 5.69 Å². The highest BCUT2D eigenvalue weighted by Crippen LogP contribution is 2.21. The zero-order valence-electron chi connectivity index (χ0n) is 11.2. The van der Waals surface area contributed by atoms with Crippen molar-refractivity contribution in [2.45, 2.75) is 13.5 Å². The van der Waals surface area contributed by atoms with Crippen molar-refractivity contribution < 1.29 is 0 Å². The average Bonchev–Trinajstić information content (AvgIpc) is 2.76. The number of hydrogen-bond donors (Lipinski definition) is 1. The van der Waals surface area contributed by atoms with Crippen LogP contribution in [0, 0.1) is 6.92 Å². The van der Waals surface area contributed by atoms with Crippen molar-refractivity contribution in [1.82, 2.24) is 9.55 Å². The van der Waals surface area contributed by atoms with Gasteiger partial charge in [-0.1, -0.05) is 18.2 Å². The third-order valence-corrected chi connectivity index (χ3v) is 3.37. The molecule has 0 saturated heterocycles. The topological polar surface area (TPSA) is 29.9 Å². The van der Waals surface area contributed by atoms with E-state index in [1.54, 1.807) is 0 Å². The molecule has 96 valence electrons. The molecule has 0 fully saturated rings. The zero-order valence-corrected chi connectivity index (χ0v) is 11.2. The molecule has 1 aromatic carbocycles. The van der Waals surface area contributed by atoms with Crippen molar-refractivity contribution in [2.75, 3.05) is 5.32 Å². The summed E-state index contributed by atoms with van der Waals surface area (Å²) in [6.07, 6.45) is 4.06. The number of anilines is 1. The first-order valence-corrected chi connectivity index (χ1v) is 6.43. The molecule has 0 spiro atoms. The summed E-state index contributed by atoms with van der Waals surface area (Å²) < 4.78 is 2.17. The minimum absolute atomic E-state index is 0.812. The second-order valence-corrected chi connectivity index (χ2v) is 4.82. The molecule has 19 heavy (non-hydrogen) atoms. The molecule has 1 N–H and O–H groups in total. The third-order valence-electron chi connectivity index (χ3n) is 3.37. The Hall–Kier alpha value is -2.29. The number of benzene rings is 1. The lowest BCUT2D eigenvalue weighted by Crippen LogP contribution is -1.99. The molecule has 0 atom stereocenters. The molecule has 0 radical (unpaired) electrons.